The maximum atomic E-state index is 12.4. The number of piperazine rings is 1. The van der Waals surface area contributed by atoms with E-state index in [2.05, 4.69) is 46.5 Å². The highest BCUT2D eigenvalue weighted by atomic mass is 16.2. The molecule has 0 saturated carbocycles. The molecular weight excluding hydrogens is 302 g/mol. The van der Waals surface area contributed by atoms with E-state index in [0.29, 0.717) is 6.54 Å². The molecule has 1 aliphatic rings. The first-order valence-corrected chi connectivity index (χ1v) is 8.40. The number of hydrogen-bond acceptors (Lipinski definition) is 3. The number of aromatic nitrogens is 2. The number of benzene rings is 1. The van der Waals surface area contributed by atoms with E-state index in [1.807, 2.05) is 24.2 Å². The van der Waals surface area contributed by atoms with Crippen LogP contribution < -0.4 is 5.32 Å². The van der Waals surface area contributed by atoms with Crippen LogP contribution in [0.1, 0.15) is 18.1 Å². The lowest BCUT2D eigenvalue weighted by molar-refractivity contribution is 0.0973. The zero-order valence-corrected chi connectivity index (χ0v) is 14.4. The maximum absolute atomic E-state index is 12.4. The molecule has 0 aliphatic carbocycles. The van der Waals surface area contributed by atoms with Crippen molar-refractivity contribution in [1.29, 1.82) is 0 Å². The lowest BCUT2D eigenvalue weighted by atomic mass is 10.1. The SMILES string of the molecule is C[C@@H]1CN(Cc2ccccc2)CCN1C(=O)NCc1cnn(C)c1. The maximum Gasteiger partial charge on any atom is 0.317 e. The molecule has 1 N–H and O–H groups in total. The summed E-state index contributed by atoms with van der Waals surface area (Å²) in [5.74, 6) is 0. The quantitative estimate of drug-likeness (QED) is 0.932. The molecular formula is C18H25N5O. The molecule has 6 heteroatoms. The van der Waals surface area contributed by atoms with Gasteiger partial charge in [0.2, 0.25) is 0 Å². The van der Waals surface area contributed by atoms with Crippen LogP contribution in [-0.4, -0.2) is 51.3 Å². The molecule has 2 aromatic rings. The fourth-order valence-corrected chi connectivity index (χ4v) is 3.16. The summed E-state index contributed by atoms with van der Waals surface area (Å²) in [7, 11) is 1.87. The van der Waals surface area contributed by atoms with Gasteiger partial charge < -0.3 is 10.2 Å². The fourth-order valence-electron chi connectivity index (χ4n) is 3.16. The number of urea groups is 1. The number of carbonyl (C=O) groups is 1. The summed E-state index contributed by atoms with van der Waals surface area (Å²) in [6, 6.07) is 10.7. The number of nitrogens with zero attached hydrogens (tertiary/aromatic N) is 4. The monoisotopic (exact) mass is 327 g/mol. The first-order valence-electron chi connectivity index (χ1n) is 8.40. The predicted molar refractivity (Wildman–Crippen MR) is 93.3 cm³/mol. The smallest absolute Gasteiger partial charge is 0.317 e. The topological polar surface area (TPSA) is 53.4 Å². The Bertz CT molecular complexity index is 669. The van der Waals surface area contributed by atoms with Gasteiger partial charge >= 0.3 is 6.03 Å². The van der Waals surface area contributed by atoms with Crippen LogP contribution in [0, 0.1) is 0 Å². The van der Waals surface area contributed by atoms with Crippen LogP contribution in [0.5, 0.6) is 0 Å². The Morgan fingerprint density at radius 2 is 2.04 bits per heavy atom. The molecule has 0 spiro atoms. The molecule has 128 valence electrons. The fraction of sp³-hybridized carbons (Fsp3) is 0.444. The third kappa shape index (κ3) is 4.14. The van der Waals surface area contributed by atoms with E-state index in [9.17, 15) is 4.79 Å². The first-order chi connectivity index (χ1) is 11.6. The van der Waals surface area contributed by atoms with Crippen molar-refractivity contribution < 1.29 is 4.79 Å². The third-order valence-corrected chi connectivity index (χ3v) is 4.42. The summed E-state index contributed by atoms with van der Waals surface area (Å²) in [5, 5.41) is 7.11. The number of hydrogen-bond donors (Lipinski definition) is 1. The second kappa shape index (κ2) is 7.49. The molecule has 0 radical (unpaired) electrons. The summed E-state index contributed by atoms with van der Waals surface area (Å²) < 4.78 is 1.74. The number of carbonyl (C=O) groups excluding carboxylic acids is 1. The van der Waals surface area contributed by atoms with E-state index in [1.165, 1.54) is 5.56 Å². The van der Waals surface area contributed by atoms with Crippen molar-refractivity contribution in [2.75, 3.05) is 19.6 Å². The van der Waals surface area contributed by atoms with Crippen molar-refractivity contribution in [3.63, 3.8) is 0 Å². The summed E-state index contributed by atoms with van der Waals surface area (Å²) >= 11 is 0. The molecule has 0 bridgehead atoms. The molecule has 1 saturated heterocycles. The highest BCUT2D eigenvalue weighted by Crippen LogP contribution is 2.13. The van der Waals surface area contributed by atoms with E-state index < -0.39 is 0 Å². The molecule has 2 amide bonds. The molecule has 1 aromatic heterocycles. The van der Waals surface area contributed by atoms with Crippen molar-refractivity contribution >= 4 is 6.03 Å². The van der Waals surface area contributed by atoms with Gasteiger partial charge in [-0.25, -0.2) is 4.79 Å². The Morgan fingerprint density at radius 3 is 2.71 bits per heavy atom. The van der Waals surface area contributed by atoms with Crippen molar-refractivity contribution in [3.05, 3.63) is 53.9 Å². The summed E-state index contributed by atoms with van der Waals surface area (Å²) in [4.78, 5) is 16.8. The minimum absolute atomic E-state index is 0.00529. The summed E-state index contributed by atoms with van der Waals surface area (Å²) in [6.07, 6.45) is 3.70. The molecule has 6 nitrogen and oxygen atoms in total. The highest BCUT2D eigenvalue weighted by molar-refractivity contribution is 5.74. The average Bonchev–Trinajstić information content (AvgIpc) is 2.99. The predicted octanol–water partition coefficient (Wildman–Crippen LogP) is 1.84. The molecule has 1 aliphatic heterocycles. The lowest BCUT2D eigenvalue weighted by Gasteiger charge is -2.39. The molecule has 1 fully saturated rings. The summed E-state index contributed by atoms with van der Waals surface area (Å²) in [5.41, 5.74) is 2.33. The molecule has 24 heavy (non-hydrogen) atoms. The number of nitrogens with one attached hydrogen (secondary N) is 1. The van der Waals surface area contributed by atoms with Crippen molar-refractivity contribution in [2.45, 2.75) is 26.1 Å². The minimum atomic E-state index is 0.00529. The van der Waals surface area contributed by atoms with Gasteiger partial charge in [-0.05, 0) is 12.5 Å². The lowest BCUT2D eigenvalue weighted by Crippen LogP contribution is -2.56. The van der Waals surface area contributed by atoms with Gasteiger partial charge in [0.25, 0.3) is 0 Å². The highest BCUT2D eigenvalue weighted by Gasteiger charge is 2.27. The van der Waals surface area contributed by atoms with E-state index in [-0.39, 0.29) is 12.1 Å². The van der Waals surface area contributed by atoms with Gasteiger partial charge in [-0.2, -0.15) is 5.10 Å². The molecule has 1 atom stereocenters. The van der Waals surface area contributed by atoms with Gasteiger partial charge in [0, 0.05) is 57.6 Å². The van der Waals surface area contributed by atoms with Crippen LogP contribution in [0.2, 0.25) is 0 Å². The van der Waals surface area contributed by atoms with Crippen LogP contribution in [0.3, 0.4) is 0 Å². The molecule has 3 rings (SSSR count). The Labute approximate surface area is 143 Å². The third-order valence-electron chi connectivity index (χ3n) is 4.42. The van der Waals surface area contributed by atoms with E-state index in [4.69, 9.17) is 0 Å². The standard InChI is InChI=1S/C18H25N5O/c1-15-12-22(14-16-6-4-3-5-7-16)8-9-23(15)18(24)19-10-17-11-20-21(2)13-17/h3-7,11,13,15H,8-10,12,14H2,1-2H3,(H,19,24)/t15-/m1/s1. The van der Waals surface area contributed by atoms with Crippen molar-refractivity contribution in [1.82, 2.24) is 24.9 Å². The van der Waals surface area contributed by atoms with Crippen LogP contribution in [0.4, 0.5) is 4.79 Å². The Kier molecular flexibility index (Phi) is 5.15. The van der Waals surface area contributed by atoms with Crippen molar-refractivity contribution in [2.24, 2.45) is 7.05 Å². The zero-order valence-electron chi connectivity index (χ0n) is 14.4. The van der Waals surface area contributed by atoms with Gasteiger partial charge in [-0.15, -0.1) is 0 Å². The number of rotatable bonds is 4. The van der Waals surface area contributed by atoms with Crippen LogP contribution in [-0.2, 0) is 20.1 Å². The summed E-state index contributed by atoms with van der Waals surface area (Å²) in [6.45, 7) is 6.13. The average molecular weight is 327 g/mol. The second-order valence-corrected chi connectivity index (χ2v) is 6.44. The Hall–Kier alpha value is -2.34. The first kappa shape index (κ1) is 16.5. The molecule has 1 aromatic carbocycles. The van der Waals surface area contributed by atoms with Crippen LogP contribution in [0.15, 0.2) is 42.7 Å². The van der Waals surface area contributed by atoms with Gasteiger partial charge in [0.05, 0.1) is 6.20 Å². The van der Waals surface area contributed by atoms with Crippen LogP contribution in [0.25, 0.3) is 0 Å². The van der Waals surface area contributed by atoms with Gasteiger partial charge in [0.1, 0.15) is 0 Å². The zero-order chi connectivity index (χ0) is 16.9. The second-order valence-electron chi connectivity index (χ2n) is 6.44. The minimum Gasteiger partial charge on any atom is -0.334 e. The van der Waals surface area contributed by atoms with Gasteiger partial charge in [-0.3, -0.25) is 9.58 Å². The largest absolute Gasteiger partial charge is 0.334 e. The van der Waals surface area contributed by atoms with Crippen LogP contribution >= 0.6 is 0 Å². The normalized spacial score (nSPS) is 18.6. The van der Waals surface area contributed by atoms with Gasteiger partial charge in [0.15, 0.2) is 0 Å². The van der Waals surface area contributed by atoms with Crippen molar-refractivity contribution in [3.8, 4) is 0 Å². The Morgan fingerprint density at radius 1 is 1.25 bits per heavy atom. The number of amides is 2. The van der Waals surface area contributed by atoms with E-state index in [1.54, 1.807) is 10.9 Å². The number of aryl methyl sites for hydroxylation is 1. The molecule has 0 unspecified atom stereocenters. The van der Waals surface area contributed by atoms with E-state index in [0.717, 1.165) is 31.7 Å². The van der Waals surface area contributed by atoms with Gasteiger partial charge in [-0.1, -0.05) is 30.3 Å². The Balaban J connectivity index is 1.48. The molecule has 2 heterocycles. The van der Waals surface area contributed by atoms with E-state index >= 15 is 0 Å².